The summed E-state index contributed by atoms with van der Waals surface area (Å²) in [5.74, 6) is 2.95. The zero-order valence-corrected chi connectivity index (χ0v) is 21.4. The summed E-state index contributed by atoms with van der Waals surface area (Å²) in [5.41, 5.74) is 4.76. The van der Waals surface area contributed by atoms with Crippen LogP contribution in [0.2, 0.25) is 0 Å². The molecule has 7 heteroatoms. The highest BCUT2D eigenvalue weighted by Gasteiger charge is 2.21. The van der Waals surface area contributed by atoms with Crippen molar-refractivity contribution in [3.8, 4) is 23.5 Å². The lowest BCUT2D eigenvalue weighted by molar-refractivity contribution is 0.0982. The van der Waals surface area contributed by atoms with Gasteiger partial charge in [0.05, 0.1) is 15.9 Å². The molecule has 0 unspecified atom stereocenters. The van der Waals surface area contributed by atoms with Crippen molar-refractivity contribution in [3.63, 3.8) is 0 Å². The van der Waals surface area contributed by atoms with Crippen LogP contribution in [0.3, 0.4) is 0 Å². The fourth-order valence-electron chi connectivity index (χ4n) is 4.42. The van der Waals surface area contributed by atoms with Gasteiger partial charge in [0.25, 0.3) is 15.9 Å². The minimum absolute atomic E-state index is 0.0313. The summed E-state index contributed by atoms with van der Waals surface area (Å²) < 4.78 is 29.8. The Hall–Kier alpha value is -4.67. The number of aryl methyl sites for hydroxylation is 1. The molecule has 0 fully saturated rings. The zero-order chi connectivity index (χ0) is 26.5. The molecule has 38 heavy (non-hydrogen) atoms. The molecule has 6 nitrogen and oxygen atoms in total. The third kappa shape index (κ3) is 5.22. The van der Waals surface area contributed by atoms with Gasteiger partial charge in [-0.3, -0.25) is 4.79 Å². The number of benzene rings is 4. The normalized spacial score (nSPS) is 11.2. The van der Waals surface area contributed by atoms with E-state index in [2.05, 4.69) is 21.3 Å². The first-order chi connectivity index (χ1) is 18.5. The highest BCUT2D eigenvalue weighted by Crippen LogP contribution is 2.26. The highest BCUT2D eigenvalue weighted by atomic mass is 32.2. The summed E-state index contributed by atoms with van der Waals surface area (Å²) in [6.45, 7) is 0.623. The summed E-state index contributed by atoms with van der Waals surface area (Å²) in [4.78, 5) is 17.8. The molecule has 0 spiro atoms. The second-order valence-corrected chi connectivity index (χ2v) is 10.5. The second kappa shape index (κ2) is 10.8. The molecule has 0 aliphatic heterocycles. The van der Waals surface area contributed by atoms with Crippen LogP contribution in [0.15, 0.2) is 108 Å². The van der Waals surface area contributed by atoms with Crippen molar-refractivity contribution in [2.24, 2.45) is 0 Å². The maximum Gasteiger partial charge on any atom is 0.265 e. The monoisotopic (exact) mass is 519 g/mol. The number of nitrogens with one attached hydrogen (secondary N) is 1. The number of nitrogens with zero attached hydrogens (tertiary/aromatic N) is 2. The second-order valence-electron chi connectivity index (χ2n) is 8.80. The lowest BCUT2D eigenvalue weighted by atomic mass is 9.98. The first kappa shape index (κ1) is 25.0. The van der Waals surface area contributed by atoms with E-state index >= 15 is 0 Å². The number of sulfonamides is 1. The smallest absolute Gasteiger partial charge is 0.265 e. The van der Waals surface area contributed by atoms with Crippen LogP contribution in [0.4, 0.5) is 0 Å². The Labute approximate surface area is 222 Å². The fourth-order valence-corrected chi connectivity index (χ4v) is 5.40. The van der Waals surface area contributed by atoms with Gasteiger partial charge in [-0.15, -0.1) is 12.3 Å². The topological polar surface area (TPSA) is 81.1 Å². The third-order valence-corrected chi connectivity index (χ3v) is 7.63. The van der Waals surface area contributed by atoms with Crippen LogP contribution in [-0.2, 0) is 23.0 Å². The molecule has 0 radical (unpaired) electrons. The summed E-state index contributed by atoms with van der Waals surface area (Å²) in [6, 6.07) is 30.7. The van der Waals surface area contributed by atoms with Crippen molar-refractivity contribution in [3.05, 3.63) is 120 Å². The van der Waals surface area contributed by atoms with Crippen molar-refractivity contribution in [1.29, 1.82) is 0 Å². The van der Waals surface area contributed by atoms with Crippen molar-refractivity contribution < 1.29 is 13.2 Å². The van der Waals surface area contributed by atoms with Crippen molar-refractivity contribution in [2.45, 2.75) is 24.3 Å². The molecule has 0 aliphatic rings. The lowest BCUT2D eigenvalue weighted by Crippen LogP contribution is -2.30. The van der Waals surface area contributed by atoms with E-state index in [0.717, 1.165) is 28.0 Å². The Morgan fingerprint density at radius 2 is 1.55 bits per heavy atom. The van der Waals surface area contributed by atoms with E-state index < -0.39 is 15.9 Å². The Kier molecular flexibility index (Phi) is 7.07. The standard InChI is InChI=1S/C31H25N3O3S/c1-2-3-17-30-32-28-15-9-10-16-29(28)34(30)22-23-18-20-24(21-19-23)26-13-7-8-14-27(26)31(35)33-38(36,37)25-11-5-4-6-12-25/h1,4-16,18-21H,3,17,22H2,(H,33,35). The SMILES string of the molecule is C#CCCc1nc2ccccc2n1Cc1ccc(-c2ccccc2C(=O)NS(=O)(=O)c2ccccc2)cc1. The average Bonchev–Trinajstić information content (AvgIpc) is 3.29. The van der Waals surface area contributed by atoms with Gasteiger partial charge in [-0.05, 0) is 47.0 Å². The average molecular weight is 520 g/mol. The number of aromatic nitrogens is 2. The number of hydrogen-bond acceptors (Lipinski definition) is 4. The third-order valence-electron chi connectivity index (χ3n) is 6.28. The number of para-hydroxylation sites is 2. The van der Waals surface area contributed by atoms with Gasteiger partial charge in [0, 0.05) is 24.9 Å². The van der Waals surface area contributed by atoms with Gasteiger partial charge < -0.3 is 4.57 Å². The molecule has 188 valence electrons. The van der Waals surface area contributed by atoms with Crippen molar-refractivity contribution in [1.82, 2.24) is 14.3 Å². The predicted octanol–water partition coefficient (Wildman–Crippen LogP) is 5.44. The maximum absolute atomic E-state index is 13.0. The van der Waals surface area contributed by atoms with Gasteiger partial charge in [0.15, 0.2) is 0 Å². The molecule has 1 heterocycles. The number of amides is 1. The van der Waals surface area contributed by atoms with E-state index in [1.54, 1.807) is 36.4 Å². The van der Waals surface area contributed by atoms with Crippen molar-refractivity contribution in [2.75, 3.05) is 0 Å². The van der Waals surface area contributed by atoms with Crippen LogP contribution in [-0.4, -0.2) is 23.9 Å². The first-order valence-corrected chi connectivity index (χ1v) is 13.6. The first-order valence-electron chi connectivity index (χ1n) is 12.1. The molecule has 0 atom stereocenters. The molecule has 5 aromatic rings. The Balaban J connectivity index is 1.41. The lowest BCUT2D eigenvalue weighted by Gasteiger charge is -2.13. The van der Waals surface area contributed by atoms with Gasteiger partial charge >= 0.3 is 0 Å². The maximum atomic E-state index is 13.0. The minimum Gasteiger partial charge on any atom is -0.323 e. The molecule has 1 N–H and O–H groups in total. The highest BCUT2D eigenvalue weighted by molar-refractivity contribution is 7.90. The number of rotatable bonds is 8. The molecule has 0 saturated carbocycles. The van der Waals surface area contributed by atoms with Crippen molar-refractivity contribution >= 4 is 27.0 Å². The number of hydrogen-bond donors (Lipinski definition) is 1. The van der Waals surface area contributed by atoms with Crippen LogP contribution in [0.1, 0.15) is 28.2 Å². The summed E-state index contributed by atoms with van der Waals surface area (Å²) >= 11 is 0. The molecule has 5 rings (SSSR count). The largest absolute Gasteiger partial charge is 0.323 e. The number of terminal acetylenes is 1. The molecule has 1 amide bonds. The van der Waals surface area contributed by atoms with E-state index in [9.17, 15) is 13.2 Å². The van der Waals surface area contributed by atoms with Gasteiger partial charge in [0.1, 0.15) is 5.82 Å². The van der Waals surface area contributed by atoms with E-state index in [1.165, 1.54) is 12.1 Å². The molecular weight excluding hydrogens is 494 g/mol. The molecule has 0 aliphatic carbocycles. The quantitative estimate of drug-likeness (QED) is 0.277. The molecular formula is C31H25N3O3S. The number of fused-ring (bicyclic) bond motifs is 1. The van der Waals surface area contributed by atoms with Crippen LogP contribution in [0.25, 0.3) is 22.2 Å². The van der Waals surface area contributed by atoms with Gasteiger partial charge in [-0.25, -0.2) is 18.1 Å². The summed E-state index contributed by atoms with van der Waals surface area (Å²) in [6.07, 6.45) is 6.80. The Morgan fingerprint density at radius 3 is 2.32 bits per heavy atom. The molecule has 0 saturated heterocycles. The number of imidazole rings is 1. The van der Waals surface area contributed by atoms with E-state index in [-0.39, 0.29) is 10.5 Å². The van der Waals surface area contributed by atoms with E-state index in [1.807, 2.05) is 48.5 Å². The Morgan fingerprint density at radius 1 is 0.868 bits per heavy atom. The van der Waals surface area contributed by atoms with Crippen LogP contribution >= 0.6 is 0 Å². The Bertz CT molecular complexity index is 1750. The van der Waals surface area contributed by atoms with Gasteiger partial charge in [-0.2, -0.15) is 0 Å². The van der Waals surface area contributed by atoms with Crippen LogP contribution in [0, 0.1) is 12.3 Å². The van der Waals surface area contributed by atoms with Gasteiger partial charge in [0.2, 0.25) is 0 Å². The molecule has 1 aromatic heterocycles. The predicted molar refractivity (Wildman–Crippen MR) is 149 cm³/mol. The van der Waals surface area contributed by atoms with E-state index in [0.29, 0.717) is 24.9 Å². The molecule has 4 aromatic carbocycles. The number of carbonyl (C=O) groups excluding carboxylic acids is 1. The fraction of sp³-hybridized carbons (Fsp3) is 0.0968. The minimum atomic E-state index is -3.99. The van der Waals surface area contributed by atoms with Gasteiger partial charge in [-0.1, -0.05) is 72.8 Å². The van der Waals surface area contributed by atoms with Crippen LogP contribution < -0.4 is 4.72 Å². The summed E-state index contributed by atoms with van der Waals surface area (Å²) in [7, 11) is -3.99. The summed E-state index contributed by atoms with van der Waals surface area (Å²) in [5, 5.41) is 0. The zero-order valence-electron chi connectivity index (χ0n) is 20.5. The number of carbonyl (C=O) groups is 1. The molecule has 0 bridgehead atoms. The van der Waals surface area contributed by atoms with E-state index in [4.69, 9.17) is 11.4 Å². The van der Waals surface area contributed by atoms with Crippen LogP contribution in [0.5, 0.6) is 0 Å².